The van der Waals surface area contributed by atoms with Gasteiger partial charge >= 0.3 is 0 Å². The number of piperidine rings is 1. The molecule has 5 nitrogen and oxygen atoms in total. The molecule has 1 aliphatic heterocycles. The molecule has 0 unspecified atom stereocenters. The van der Waals surface area contributed by atoms with Gasteiger partial charge in [-0.05, 0) is 67.9 Å². The summed E-state index contributed by atoms with van der Waals surface area (Å²) in [6, 6.07) is 10.9. The number of nitrogens with one attached hydrogen (secondary N) is 3. The van der Waals surface area contributed by atoms with Crippen LogP contribution in [0.25, 0.3) is 0 Å². The summed E-state index contributed by atoms with van der Waals surface area (Å²) >= 11 is 1.40. The molecule has 1 fully saturated rings. The van der Waals surface area contributed by atoms with Crippen molar-refractivity contribution in [3.05, 3.63) is 46.7 Å². The van der Waals surface area contributed by atoms with Crippen molar-refractivity contribution < 1.29 is 9.59 Å². The Morgan fingerprint density at radius 1 is 1.08 bits per heavy atom. The Balaban J connectivity index is 0.00000243. The van der Waals surface area contributed by atoms with Gasteiger partial charge in [0, 0.05) is 17.8 Å². The van der Waals surface area contributed by atoms with Gasteiger partial charge in [-0.2, -0.15) is 0 Å². The summed E-state index contributed by atoms with van der Waals surface area (Å²) in [6.45, 7) is 2.11. The van der Waals surface area contributed by atoms with Crippen molar-refractivity contribution in [3.63, 3.8) is 0 Å². The lowest BCUT2D eigenvalue weighted by Gasteiger charge is -2.22. The summed E-state index contributed by atoms with van der Waals surface area (Å²) in [5, 5.41) is 11.0. The number of carbonyl (C=O) groups excluding carboxylic acids is 2. The van der Waals surface area contributed by atoms with Crippen LogP contribution in [0.2, 0.25) is 0 Å². The van der Waals surface area contributed by atoms with E-state index < -0.39 is 0 Å². The highest BCUT2D eigenvalue weighted by Crippen LogP contribution is 2.20. The van der Waals surface area contributed by atoms with E-state index in [0.29, 0.717) is 28.6 Å². The molecule has 7 heteroatoms. The zero-order valence-electron chi connectivity index (χ0n) is 14.5. The van der Waals surface area contributed by atoms with E-state index >= 15 is 0 Å². The Kier molecular flexibility index (Phi) is 8.09. The molecule has 0 aliphatic carbocycles. The topological polar surface area (TPSA) is 70.2 Å². The molecule has 1 saturated heterocycles. The van der Waals surface area contributed by atoms with Gasteiger partial charge in [0.15, 0.2) is 0 Å². The van der Waals surface area contributed by atoms with Crippen LogP contribution >= 0.6 is 23.7 Å². The fourth-order valence-corrected chi connectivity index (χ4v) is 3.62. The van der Waals surface area contributed by atoms with Gasteiger partial charge in [-0.3, -0.25) is 9.59 Å². The first kappa shape index (κ1) is 20.4. The maximum atomic E-state index is 12.2. The van der Waals surface area contributed by atoms with Crippen LogP contribution in [-0.4, -0.2) is 24.9 Å². The number of rotatable bonds is 6. The molecule has 0 spiro atoms. The molecule has 0 radical (unpaired) electrons. The van der Waals surface area contributed by atoms with Crippen molar-refractivity contribution in [1.29, 1.82) is 0 Å². The highest BCUT2D eigenvalue weighted by Gasteiger charge is 2.14. The minimum atomic E-state index is -0.135. The van der Waals surface area contributed by atoms with E-state index in [9.17, 15) is 9.59 Å². The highest BCUT2D eigenvalue weighted by molar-refractivity contribution is 7.12. The van der Waals surface area contributed by atoms with Crippen LogP contribution in [0.15, 0.2) is 41.8 Å². The molecule has 3 N–H and O–H groups in total. The van der Waals surface area contributed by atoms with E-state index in [1.54, 1.807) is 12.1 Å². The first-order valence-electron chi connectivity index (χ1n) is 8.66. The molecule has 0 saturated carbocycles. The largest absolute Gasteiger partial charge is 0.326 e. The van der Waals surface area contributed by atoms with Crippen LogP contribution in [0.5, 0.6) is 0 Å². The molecule has 2 amide bonds. The van der Waals surface area contributed by atoms with Gasteiger partial charge in [-0.15, -0.1) is 23.7 Å². The van der Waals surface area contributed by atoms with Crippen LogP contribution < -0.4 is 16.0 Å². The molecule has 2 aromatic rings. The lowest BCUT2D eigenvalue weighted by atomic mass is 9.93. The SMILES string of the molecule is Cl.O=C(CCC1CCNCC1)Nc1cccc(NC(=O)c2cccs2)c1. The number of carbonyl (C=O) groups is 2. The lowest BCUT2D eigenvalue weighted by Crippen LogP contribution is -2.28. The molecular weight excluding hydrogens is 370 g/mol. The Morgan fingerprint density at radius 3 is 2.50 bits per heavy atom. The predicted molar refractivity (Wildman–Crippen MR) is 109 cm³/mol. The van der Waals surface area contributed by atoms with Crippen LogP contribution in [0.4, 0.5) is 11.4 Å². The summed E-state index contributed by atoms with van der Waals surface area (Å²) in [7, 11) is 0. The van der Waals surface area contributed by atoms with Crippen molar-refractivity contribution in [3.8, 4) is 0 Å². The fraction of sp³-hybridized carbons (Fsp3) is 0.368. The lowest BCUT2D eigenvalue weighted by molar-refractivity contribution is -0.116. The fourth-order valence-electron chi connectivity index (χ4n) is 3.00. The second-order valence-electron chi connectivity index (χ2n) is 6.29. The second-order valence-corrected chi connectivity index (χ2v) is 7.24. The summed E-state index contributed by atoms with van der Waals surface area (Å²) in [5.74, 6) is 0.535. The van der Waals surface area contributed by atoms with Gasteiger partial charge in [-0.25, -0.2) is 0 Å². The van der Waals surface area contributed by atoms with Crippen LogP contribution in [0.1, 0.15) is 35.4 Å². The molecule has 1 aromatic carbocycles. The van der Waals surface area contributed by atoms with Crippen molar-refractivity contribution in [2.75, 3.05) is 23.7 Å². The highest BCUT2D eigenvalue weighted by atomic mass is 35.5. The Labute approximate surface area is 164 Å². The zero-order chi connectivity index (χ0) is 17.5. The summed E-state index contributed by atoms with van der Waals surface area (Å²) in [4.78, 5) is 24.9. The van der Waals surface area contributed by atoms with E-state index in [2.05, 4.69) is 16.0 Å². The second kappa shape index (κ2) is 10.3. The summed E-state index contributed by atoms with van der Waals surface area (Å²) in [5.41, 5.74) is 1.38. The van der Waals surface area contributed by atoms with Crippen molar-refractivity contribution in [2.45, 2.75) is 25.7 Å². The summed E-state index contributed by atoms with van der Waals surface area (Å²) < 4.78 is 0. The van der Waals surface area contributed by atoms with Gasteiger partial charge in [-0.1, -0.05) is 12.1 Å². The molecule has 3 rings (SSSR count). The van der Waals surface area contributed by atoms with Crippen molar-refractivity contribution in [1.82, 2.24) is 5.32 Å². The number of thiophene rings is 1. The number of halogens is 1. The normalized spacial score (nSPS) is 14.3. The number of amides is 2. The van der Waals surface area contributed by atoms with Crippen LogP contribution in [0.3, 0.4) is 0 Å². The number of anilines is 2. The number of hydrogen-bond donors (Lipinski definition) is 3. The predicted octanol–water partition coefficient (Wildman–Crippen LogP) is 4.14. The molecule has 26 heavy (non-hydrogen) atoms. The Hall–Kier alpha value is -1.89. The van der Waals surface area contributed by atoms with Gasteiger partial charge in [0.2, 0.25) is 5.91 Å². The number of hydrogen-bond acceptors (Lipinski definition) is 4. The van der Waals surface area contributed by atoms with Crippen LogP contribution in [0, 0.1) is 5.92 Å². The van der Waals surface area contributed by atoms with Crippen molar-refractivity contribution in [2.24, 2.45) is 5.92 Å². The maximum Gasteiger partial charge on any atom is 0.265 e. The average Bonchev–Trinajstić information content (AvgIpc) is 3.16. The minimum Gasteiger partial charge on any atom is -0.326 e. The molecule has 0 bridgehead atoms. The third kappa shape index (κ3) is 6.12. The van der Waals surface area contributed by atoms with E-state index in [1.165, 1.54) is 11.3 Å². The van der Waals surface area contributed by atoms with Crippen LogP contribution in [-0.2, 0) is 4.79 Å². The maximum absolute atomic E-state index is 12.2. The first-order valence-corrected chi connectivity index (χ1v) is 9.54. The van der Waals surface area contributed by atoms with Gasteiger partial charge in [0.1, 0.15) is 0 Å². The standard InChI is InChI=1S/C19H23N3O2S.ClH/c23-18(7-6-14-8-10-20-11-9-14)21-15-3-1-4-16(13-15)22-19(24)17-5-2-12-25-17;/h1-5,12-14,20H,6-11H2,(H,21,23)(H,22,24);1H. The van der Waals surface area contributed by atoms with Gasteiger partial charge < -0.3 is 16.0 Å². The third-order valence-electron chi connectivity index (χ3n) is 4.39. The zero-order valence-corrected chi connectivity index (χ0v) is 16.1. The third-order valence-corrected chi connectivity index (χ3v) is 5.26. The average molecular weight is 394 g/mol. The van der Waals surface area contributed by atoms with Crippen molar-refractivity contribution >= 4 is 46.9 Å². The molecule has 140 valence electrons. The number of benzene rings is 1. The molecule has 1 aliphatic rings. The van der Waals surface area contributed by atoms with E-state index in [1.807, 2.05) is 29.6 Å². The molecular formula is C19H24ClN3O2S. The monoisotopic (exact) mass is 393 g/mol. The van der Waals surface area contributed by atoms with Gasteiger partial charge in [0.05, 0.1) is 4.88 Å². The molecule has 0 atom stereocenters. The Morgan fingerprint density at radius 2 is 1.81 bits per heavy atom. The van der Waals surface area contributed by atoms with E-state index in [4.69, 9.17) is 0 Å². The van der Waals surface area contributed by atoms with E-state index in [0.717, 1.165) is 32.4 Å². The molecule has 2 heterocycles. The Bertz CT molecular complexity index is 715. The molecule has 1 aromatic heterocycles. The summed E-state index contributed by atoms with van der Waals surface area (Å²) in [6.07, 6.45) is 3.77. The van der Waals surface area contributed by atoms with E-state index in [-0.39, 0.29) is 24.2 Å². The minimum absolute atomic E-state index is 0. The smallest absolute Gasteiger partial charge is 0.265 e. The first-order chi connectivity index (χ1) is 12.2. The van der Waals surface area contributed by atoms with Gasteiger partial charge in [0.25, 0.3) is 5.91 Å². The quantitative estimate of drug-likeness (QED) is 0.690.